The highest BCUT2D eigenvalue weighted by molar-refractivity contribution is 14.1. The summed E-state index contributed by atoms with van der Waals surface area (Å²) in [5.74, 6) is -2.19. The van der Waals surface area contributed by atoms with Crippen LogP contribution >= 0.6 is 22.9 Å². The maximum atomic E-state index is 11.6. The summed E-state index contributed by atoms with van der Waals surface area (Å²) in [6, 6.07) is -1.05. The fourth-order valence-corrected chi connectivity index (χ4v) is 2.74. The van der Waals surface area contributed by atoms with Crippen LogP contribution in [0.5, 0.6) is 0 Å². The second-order valence-corrected chi connectivity index (χ2v) is 8.76. The first-order valence-electron chi connectivity index (χ1n) is 12.8. The number of nitrogens with two attached hydrogens (primary N) is 2. The van der Waals surface area contributed by atoms with Gasteiger partial charge in [0.05, 0.1) is 46.2 Å². The molecule has 0 fully saturated rings. The van der Waals surface area contributed by atoms with Gasteiger partial charge in [-0.2, -0.15) is 0 Å². The van der Waals surface area contributed by atoms with Crippen molar-refractivity contribution in [3.05, 3.63) is 0 Å². The second-order valence-electron chi connectivity index (χ2n) is 7.99. The molecule has 0 aromatic heterocycles. The van der Waals surface area contributed by atoms with E-state index in [-0.39, 0.29) is 82.6 Å². The van der Waals surface area contributed by atoms with Crippen molar-refractivity contribution in [2.75, 3.05) is 79.0 Å². The first-order valence-corrected chi connectivity index (χ1v) is 13.9. The summed E-state index contributed by atoms with van der Waals surface area (Å²) >= 11 is 1.85. The number of carboxylic acid groups (broad SMARTS) is 1. The maximum Gasteiger partial charge on any atom is 0.320 e. The predicted octanol–water partition coefficient (Wildman–Crippen LogP) is -2.20. The first kappa shape index (κ1) is 40.0. The van der Waals surface area contributed by atoms with Crippen LogP contribution in [0.1, 0.15) is 32.6 Å². The van der Waals surface area contributed by atoms with E-state index in [1.807, 2.05) is 29.8 Å². The lowest BCUT2D eigenvalue weighted by atomic mass is 10.1. The summed E-state index contributed by atoms with van der Waals surface area (Å²) in [5.41, 5.74) is 10.0. The minimum atomic E-state index is -1.14. The number of halogens is 1. The van der Waals surface area contributed by atoms with Crippen molar-refractivity contribution < 1.29 is 48.0 Å². The van der Waals surface area contributed by atoms with Gasteiger partial charge >= 0.3 is 5.97 Å². The zero-order valence-electron chi connectivity index (χ0n) is 23.0. The molecule has 0 aliphatic carbocycles. The number of amides is 4. The van der Waals surface area contributed by atoms with Gasteiger partial charge in [0.1, 0.15) is 19.3 Å². The van der Waals surface area contributed by atoms with E-state index in [1.54, 1.807) is 0 Å². The molecule has 0 saturated heterocycles. The normalized spacial score (nSPS) is 11.1. The lowest BCUT2D eigenvalue weighted by molar-refractivity contribution is -0.138. The number of carbonyl (C=O) groups excluding carboxylic acids is 4. The van der Waals surface area contributed by atoms with E-state index in [0.717, 1.165) is 12.8 Å². The smallest absolute Gasteiger partial charge is 0.320 e. The molecule has 0 heterocycles. The largest absolute Gasteiger partial charge is 0.480 e. The van der Waals surface area contributed by atoms with Crippen LogP contribution in [-0.4, -0.2) is 120 Å². The summed E-state index contributed by atoms with van der Waals surface area (Å²) in [6.07, 6.45) is 2.06. The first-order chi connectivity index (χ1) is 19.1. The molecule has 1 atom stereocenters. The molecule has 0 aromatic carbocycles. The molecule has 0 spiro atoms. The third-order valence-corrected chi connectivity index (χ3v) is 4.82. The number of ether oxygens (including phenoxy) is 4. The number of hydrogen-bond acceptors (Lipinski definition) is 11. The minimum Gasteiger partial charge on any atom is -0.480 e. The quantitative estimate of drug-likeness (QED) is 0.0307. The summed E-state index contributed by atoms with van der Waals surface area (Å²) in [4.78, 5) is 54.9. The summed E-state index contributed by atoms with van der Waals surface area (Å²) in [7, 11) is 0. The van der Waals surface area contributed by atoms with Crippen LogP contribution in [0.15, 0.2) is 0 Å². The fraction of sp³-hybridized carbons (Fsp3) is 0.783. The number of primary amides is 1. The number of unbranched alkanes of at least 4 members (excludes halogenated alkanes) is 1. The Kier molecular flexibility index (Phi) is 29.8. The van der Waals surface area contributed by atoms with E-state index in [4.69, 9.17) is 35.5 Å². The van der Waals surface area contributed by atoms with Crippen molar-refractivity contribution in [2.24, 2.45) is 11.5 Å². The monoisotopic (exact) mass is 692 g/mol. The Labute approximate surface area is 248 Å². The molecule has 9 N–H and O–H groups in total. The molecule has 0 aromatic rings. The van der Waals surface area contributed by atoms with Crippen molar-refractivity contribution in [3.63, 3.8) is 0 Å². The number of carbonyl (C=O) groups is 5. The Morgan fingerprint density at radius 3 is 1.68 bits per heavy atom. The number of nitrogens with one attached hydrogen (secondary N) is 4. The van der Waals surface area contributed by atoms with Gasteiger partial charge in [-0.25, -0.2) is 0 Å². The third kappa shape index (κ3) is 32.1. The molecule has 16 nitrogen and oxygen atoms in total. The number of carboxylic acids is 1. The Morgan fingerprint density at radius 2 is 1.25 bits per heavy atom. The summed E-state index contributed by atoms with van der Waals surface area (Å²) < 4.78 is 23.5. The van der Waals surface area contributed by atoms with Gasteiger partial charge < -0.3 is 51.5 Å². The molecule has 17 heteroatoms. The SMILES string of the molecule is CCCCNC(=O)COCCOCCNC(=O)COCCOCCNC(=O)CC[C@H](N)C(=O)O.NC(=O)CNI. The number of aliphatic carboxylic acids is 1. The van der Waals surface area contributed by atoms with Gasteiger partial charge in [-0.1, -0.05) is 13.3 Å². The van der Waals surface area contributed by atoms with E-state index in [1.165, 1.54) is 0 Å². The third-order valence-electron chi connectivity index (χ3n) is 4.44. The van der Waals surface area contributed by atoms with Crippen molar-refractivity contribution in [1.82, 2.24) is 19.5 Å². The number of hydrogen-bond donors (Lipinski definition) is 7. The fourth-order valence-electron chi connectivity index (χ4n) is 2.37. The van der Waals surface area contributed by atoms with Gasteiger partial charge in [-0.15, -0.1) is 0 Å². The van der Waals surface area contributed by atoms with Gasteiger partial charge in [-0.05, 0) is 12.8 Å². The molecule has 0 aliphatic heterocycles. The average Bonchev–Trinajstić information content (AvgIpc) is 2.90. The second kappa shape index (κ2) is 29.8. The van der Waals surface area contributed by atoms with Crippen LogP contribution in [0, 0.1) is 0 Å². The molecule has 4 amide bonds. The Bertz CT molecular complexity index is 705. The summed E-state index contributed by atoms with van der Waals surface area (Å²) in [5, 5.41) is 16.6. The maximum absolute atomic E-state index is 11.6. The van der Waals surface area contributed by atoms with Gasteiger partial charge in [0.15, 0.2) is 0 Å². The molecule has 40 heavy (non-hydrogen) atoms. The average molecular weight is 693 g/mol. The van der Waals surface area contributed by atoms with Gasteiger partial charge in [0.2, 0.25) is 23.6 Å². The molecular weight excluding hydrogens is 647 g/mol. The van der Waals surface area contributed by atoms with Crippen LogP contribution in [0.3, 0.4) is 0 Å². The van der Waals surface area contributed by atoms with Crippen LogP contribution < -0.4 is 30.9 Å². The minimum absolute atomic E-state index is 0.00325. The molecule has 0 bridgehead atoms. The standard InChI is InChI=1S/C21H40N4O9.C2H5IN2O/c1-2-3-6-23-19(27)15-33-13-12-32-10-8-25-20(28)16-34-14-11-31-9-7-24-18(26)5-4-17(22)21(29)30;3-5-1-2(4)6/h17H,2-16,22H2,1H3,(H,23,27)(H,24,26)(H,25,28)(H,29,30);5H,1H2,(H2,4,6)/t17-;/m0./s1. The Morgan fingerprint density at radius 1 is 0.775 bits per heavy atom. The molecule has 234 valence electrons. The molecule has 0 unspecified atom stereocenters. The van der Waals surface area contributed by atoms with Crippen molar-refractivity contribution >= 4 is 52.5 Å². The molecule has 0 aliphatic rings. The van der Waals surface area contributed by atoms with Gasteiger partial charge in [0.25, 0.3) is 0 Å². The van der Waals surface area contributed by atoms with E-state index < -0.39 is 12.0 Å². The number of rotatable bonds is 25. The van der Waals surface area contributed by atoms with Gasteiger partial charge in [0, 0.05) is 48.9 Å². The van der Waals surface area contributed by atoms with Crippen molar-refractivity contribution in [3.8, 4) is 0 Å². The lowest BCUT2D eigenvalue weighted by Gasteiger charge is -2.09. The molecule has 0 saturated carbocycles. The molecule has 0 rings (SSSR count). The highest BCUT2D eigenvalue weighted by Crippen LogP contribution is 1.94. The van der Waals surface area contributed by atoms with Crippen LogP contribution in [0.4, 0.5) is 0 Å². The predicted molar refractivity (Wildman–Crippen MR) is 153 cm³/mol. The Balaban J connectivity index is 0. The highest BCUT2D eigenvalue weighted by Gasteiger charge is 2.13. The van der Waals surface area contributed by atoms with Crippen molar-refractivity contribution in [2.45, 2.75) is 38.6 Å². The van der Waals surface area contributed by atoms with Crippen molar-refractivity contribution in [1.29, 1.82) is 0 Å². The zero-order chi connectivity index (χ0) is 30.4. The van der Waals surface area contributed by atoms with E-state index in [0.29, 0.717) is 32.9 Å². The summed E-state index contributed by atoms with van der Waals surface area (Å²) in [6.45, 7) is 5.11. The van der Waals surface area contributed by atoms with E-state index in [9.17, 15) is 24.0 Å². The molecular formula is C23H45IN6O10. The lowest BCUT2D eigenvalue weighted by Crippen LogP contribution is -2.33. The van der Waals surface area contributed by atoms with Crippen LogP contribution in [-0.2, 0) is 42.9 Å². The highest BCUT2D eigenvalue weighted by atomic mass is 127. The van der Waals surface area contributed by atoms with Crippen LogP contribution in [0.2, 0.25) is 0 Å². The zero-order valence-corrected chi connectivity index (χ0v) is 25.2. The molecule has 0 radical (unpaired) electrons. The van der Waals surface area contributed by atoms with Crippen LogP contribution in [0.25, 0.3) is 0 Å². The van der Waals surface area contributed by atoms with E-state index >= 15 is 0 Å². The Hall–Kier alpha value is -2.16. The topological polar surface area (TPSA) is 243 Å². The van der Waals surface area contributed by atoms with E-state index in [2.05, 4.69) is 19.5 Å². The van der Waals surface area contributed by atoms with Gasteiger partial charge in [-0.3, -0.25) is 27.5 Å².